The molecule has 0 N–H and O–H groups in total. The molecule has 3 aromatic carbocycles. The minimum absolute atomic E-state index is 0.253. The van der Waals surface area contributed by atoms with Crippen LogP contribution in [0.25, 0.3) is 33.1 Å². The predicted octanol–water partition coefficient (Wildman–Crippen LogP) is 7.79. The van der Waals surface area contributed by atoms with E-state index in [1.807, 2.05) is 60.7 Å². The number of fused-ring (bicyclic) bond motifs is 8. The first-order valence-corrected chi connectivity index (χ1v) is 14.6. The van der Waals surface area contributed by atoms with E-state index in [0.29, 0.717) is 65.6 Å². The Morgan fingerprint density at radius 1 is 1.02 bits per heavy atom. The molecule has 8 rings (SSSR count). The quantitative estimate of drug-likeness (QED) is 0.184. The van der Waals surface area contributed by atoms with Gasteiger partial charge >= 0.3 is 5.63 Å². The Kier molecular flexibility index (Phi) is 6.15. The molecule has 0 radical (unpaired) electrons. The Morgan fingerprint density at radius 3 is 2.79 bits per heavy atom. The third-order valence-electron chi connectivity index (χ3n) is 8.42. The Balaban J connectivity index is 1.14. The zero-order chi connectivity index (χ0) is 29.1. The lowest BCUT2D eigenvalue weighted by Crippen LogP contribution is -2.12. The van der Waals surface area contributed by atoms with Crippen molar-refractivity contribution in [3.05, 3.63) is 128 Å². The summed E-state index contributed by atoms with van der Waals surface area (Å²) in [7, 11) is 0. The van der Waals surface area contributed by atoms with Gasteiger partial charge in [-0.3, -0.25) is 0 Å². The smallest absolute Gasteiger partial charge is 0.342 e. The van der Waals surface area contributed by atoms with Crippen LogP contribution in [0, 0.1) is 5.82 Å². The zero-order valence-electron chi connectivity index (χ0n) is 22.9. The number of rotatable bonds is 6. The Labute approximate surface area is 250 Å². The molecule has 0 saturated carbocycles. The van der Waals surface area contributed by atoms with Gasteiger partial charge in [-0.05, 0) is 65.9 Å². The minimum Gasteiger partial charge on any atom is -0.492 e. The summed E-state index contributed by atoms with van der Waals surface area (Å²) in [5, 5.41) is 2.01. The third-order valence-corrected chi connectivity index (χ3v) is 8.74. The van der Waals surface area contributed by atoms with E-state index in [9.17, 15) is 4.79 Å². The van der Waals surface area contributed by atoms with Gasteiger partial charge in [0.15, 0.2) is 0 Å². The molecule has 0 spiro atoms. The van der Waals surface area contributed by atoms with E-state index in [1.165, 1.54) is 0 Å². The molecule has 0 bridgehead atoms. The first kappa shape index (κ1) is 25.9. The topological polar surface area (TPSA) is 74.5 Å². The second kappa shape index (κ2) is 10.2. The highest BCUT2D eigenvalue weighted by Gasteiger charge is 2.39. The van der Waals surface area contributed by atoms with E-state index in [0.717, 1.165) is 38.7 Å². The lowest BCUT2D eigenvalue weighted by atomic mass is 9.90. The monoisotopic (exact) mass is 590 g/mol. The fourth-order valence-corrected chi connectivity index (χ4v) is 6.67. The normalized spacial score (nSPS) is 14.9. The molecule has 212 valence electrons. The van der Waals surface area contributed by atoms with Crippen LogP contribution in [-0.2, 0) is 19.4 Å². The first-order chi connectivity index (χ1) is 21.0. The fourth-order valence-electron chi connectivity index (χ4n) is 6.43. The zero-order valence-corrected chi connectivity index (χ0v) is 23.7. The lowest BCUT2D eigenvalue weighted by molar-refractivity contribution is 0.306. The van der Waals surface area contributed by atoms with Crippen molar-refractivity contribution in [1.82, 2.24) is 9.97 Å². The van der Waals surface area contributed by atoms with Gasteiger partial charge in [-0.25, -0.2) is 19.2 Å². The number of aryl methyl sites for hydroxylation is 1. The van der Waals surface area contributed by atoms with Crippen molar-refractivity contribution in [3.63, 3.8) is 0 Å². The van der Waals surface area contributed by atoms with Gasteiger partial charge in [-0.15, -0.1) is 0 Å². The van der Waals surface area contributed by atoms with E-state index < -0.39 is 11.5 Å². The second-order valence-electron chi connectivity index (χ2n) is 10.9. The molecule has 8 heteroatoms. The highest BCUT2D eigenvalue weighted by Crippen LogP contribution is 2.54. The molecule has 0 saturated heterocycles. The van der Waals surface area contributed by atoms with Crippen molar-refractivity contribution in [2.24, 2.45) is 0 Å². The van der Waals surface area contributed by atoms with Crippen LogP contribution in [0.2, 0.25) is 5.15 Å². The van der Waals surface area contributed by atoms with Crippen LogP contribution in [0.3, 0.4) is 0 Å². The predicted molar refractivity (Wildman–Crippen MR) is 163 cm³/mol. The standard InChI is InChI=1S/C35H24ClFN2O4/c36-33-21(15-20-8-10-22(16-28(20)39-33)42-18-19-5-2-1-3-6-19)9-11-23-26-17-27(37)24-12-14-41-32(24)30(26)29-25-7-4-13-38-34(25)43-35(40)31(23)29/h1-8,10,13,15-17,23H,9,11-12,14,18H2. The molecular formula is C35H24ClFN2O4. The summed E-state index contributed by atoms with van der Waals surface area (Å²) in [6.07, 6.45) is 3.09. The average Bonchev–Trinajstić information content (AvgIpc) is 3.64. The van der Waals surface area contributed by atoms with Crippen molar-refractivity contribution in [1.29, 1.82) is 0 Å². The molecule has 2 aliphatic rings. The maximum atomic E-state index is 15.3. The molecule has 4 heterocycles. The number of nitrogens with zero attached hydrogens (tertiary/aromatic N) is 2. The molecule has 6 aromatic rings. The average molecular weight is 591 g/mol. The molecule has 0 fully saturated rings. The van der Waals surface area contributed by atoms with Crippen LogP contribution >= 0.6 is 11.6 Å². The second-order valence-corrected chi connectivity index (χ2v) is 11.3. The van der Waals surface area contributed by atoms with Gasteiger partial charge in [0, 0.05) is 52.1 Å². The van der Waals surface area contributed by atoms with Gasteiger partial charge in [-0.1, -0.05) is 41.9 Å². The lowest BCUT2D eigenvalue weighted by Gasteiger charge is -2.15. The fraction of sp³-hybridized carbons (Fsp3) is 0.171. The molecule has 3 aromatic heterocycles. The molecular weight excluding hydrogens is 567 g/mol. The number of hydrogen-bond donors (Lipinski definition) is 0. The molecule has 1 aliphatic heterocycles. The summed E-state index contributed by atoms with van der Waals surface area (Å²) in [5.74, 6) is 0.504. The van der Waals surface area contributed by atoms with Gasteiger partial charge in [0.05, 0.1) is 17.7 Å². The maximum Gasteiger partial charge on any atom is 0.342 e. The van der Waals surface area contributed by atoms with Gasteiger partial charge in [-0.2, -0.15) is 0 Å². The molecule has 6 nitrogen and oxygen atoms in total. The highest BCUT2D eigenvalue weighted by molar-refractivity contribution is 6.30. The van der Waals surface area contributed by atoms with E-state index in [2.05, 4.69) is 9.97 Å². The van der Waals surface area contributed by atoms with Crippen LogP contribution < -0.4 is 15.1 Å². The number of benzene rings is 3. The van der Waals surface area contributed by atoms with Crippen LogP contribution in [-0.4, -0.2) is 16.6 Å². The summed E-state index contributed by atoms with van der Waals surface area (Å²) < 4.78 is 32.9. The number of ether oxygens (including phenoxy) is 2. The van der Waals surface area contributed by atoms with Crippen molar-refractivity contribution in [2.75, 3.05) is 6.61 Å². The van der Waals surface area contributed by atoms with Crippen molar-refractivity contribution in [3.8, 4) is 22.6 Å². The molecule has 0 amide bonds. The van der Waals surface area contributed by atoms with Crippen molar-refractivity contribution < 1.29 is 18.3 Å². The number of aromatic nitrogens is 2. The van der Waals surface area contributed by atoms with Gasteiger partial charge in [0.25, 0.3) is 0 Å². The van der Waals surface area contributed by atoms with E-state index in [4.69, 9.17) is 25.5 Å². The molecule has 1 aliphatic carbocycles. The van der Waals surface area contributed by atoms with Crippen LogP contribution in [0.4, 0.5) is 4.39 Å². The summed E-state index contributed by atoms with van der Waals surface area (Å²) in [4.78, 5) is 22.4. The first-order valence-electron chi connectivity index (χ1n) is 14.2. The van der Waals surface area contributed by atoms with E-state index in [-0.39, 0.29) is 11.5 Å². The SMILES string of the molecule is O=c1oc2ncccc2c2c1C(CCc1cc3ccc(OCc4ccccc4)cc3nc1Cl)c1cc(F)c3c(c1-2)OCC3. The Bertz CT molecular complexity index is 2130. The van der Waals surface area contributed by atoms with Gasteiger partial charge < -0.3 is 13.9 Å². The maximum absolute atomic E-state index is 15.3. The number of halogens is 2. The number of hydrogen-bond acceptors (Lipinski definition) is 6. The van der Waals surface area contributed by atoms with Crippen LogP contribution in [0.1, 0.15) is 40.2 Å². The van der Waals surface area contributed by atoms with Crippen LogP contribution in [0.15, 0.2) is 88.2 Å². The largest absolute Gasteiger partial charge is 0.492 e. The van der Waals surface area contributed by atoms with Crippen molar-refractivity contribution in [2.45, 2.75) is 31.8 Å². The van der Waals surface area contributed by atoms with Crippen LogP contribution in [0.5, 0.6) is 11.5 Å². The highest BCUT2D eigenvalue weighted by atomic mass is 35.5. The van der Waals surface area contributed by atoms with Gasteiger partial charge in [0.2, 0.25) is 5.71 Å². The van der Waals surface area contributed by atoms with Crippen molar-refractivity contribution >= 4 is 33.6 Å². The van der Waals surface area contributed by atoms with E-state index in [1.54, 1.807) is 18.3 Å². The molecule has 1 unspecified atom stereocenters. The third kappa shape index (κ3) is 4.34. The minimum atomic E-state index is -0.472. The Morgan fingerprint density at radius 2 is 1.91 bits per heavy atom. The molecule has 43 heavy (non-hydrogen) atoms. The summed E-state index contributed by atoms with van der Waals surface area (Å²) >= 11 is 6.71. The number of pyridine rings is 2. The van der Waals surface area contributed by atoms with Gasteiger partial charge in [0.1, 0.15) is 29.1 Å². The summed E-state index contributed by atoms with van der Waals surface area (Å²) in [6.45, 7) is 0.856. The Hall–Kier alpha value is -4.75. The molecule has 1 atom stereocenters. The summed E-state index contributed by atoms with van der Waals surface area (Å²) in [5.41, 5.74) is 5.69. The summed E-state index contributed by atoms with van der Waals surface area (Å²) in [6, 6.07) is 23.0. The van der Waals surface area contributed by atoms with E-state index >= 15 is 4.39 Å².